The molecule has 0 aliphatic carbocycles. The van der Waals surface area contributed by atoms with E-state index >= 15 is 0 Å². The predicted molar refractivity (Wildman–Crippen MR) is 51.4 cm³/mol. The zero-order chi connectivity index (χ0) is 8.85. The van der Waals surface area contributed by atoms with Crippen molar-refractivity contribution in [3.8, 4) is 0 Å². The van der Waals surface area contributed by atoms with E-state index in [1.165, 1.54) is 6.42 Å². The molecule has 0 amide bonds. The third kappa shape index (κ3) is 5.96. The minimum atomic E-state index is 0.558. The minimum Gasteiger partial charge on any atom is -0.389 e. The van der Waals surface area contributed by atoms with Crippen molar-refractivity contribution in [2.24, 2.45) is 11.8 Å². The quantitative estimate of drug-likeness (QED) is 0.643. The summed E-state index contributed by atoms with van der Waals surface area (Å²) in [5, 5.41) is 3.32. The Bertz CT molecular complexity index is 114. The second-order valence-electron chi connectivity index (χ2n) is 3.79. The minimum absolute atomic E-state index is 0.558. The molecule has 0 fully saturated rings. The summed E-state index contributed by atoms with van der Waals surface area (Å²) in [5.41, 5.74) is 1.16. The Morgan fingerprint density at radius 2 is 1.82 bits per heavy atom. The molecule has 0 unspecified atom stereocenters. The van der Waals surface area contributed by atoms with Gasteiger partial charge in [0.15, 0.2) is 0 Å². The number of hydrogen-bond donors (Lipinski definition) is 1. The highest BCUT2D eigenvalue weighted by Gasteiger charge is 1.98. The molecular formula is C10H21N. The van der Waals surface area contributed by atoms with Gasteiger partial charge in [-0.15, -0.1) is 0 Å². The van der Waals surface area contributed by atoms with Gasteiger partial charge in [0, 0.05) is 12.2 Å². The first-order valence-corrected chi connectivity index (χ1v) is 4.46. The van der Waals surface area contributed by atoms with Crippen molar-refractivity contribution < 1.29 is 0 Å². The van der Waals surface area contributed by atoms with Gasteiger partial charge in [-0.05, 0) is 18.3 Å². The summed E-state index contributed by atoms with van der Waals surface area (Å²) in [6.07, 6.45) is 1.23. The molecule has 11 heavy (non-hydrogen) atoms. The molecule has 0 saturated heterocycles. The molecule has 0 rings (SSSR count). The zero-order valence-electron chi connectivity index (χ0n) is 8.28. The molecule has 0 spiro atoms. The first-order chi connectivity index (χ1) is 5.04. The summed E-state index contributed by atoms with van der Waals surface area (Å²) < 4.78 is 0. The van der Waals surface area contributed by atoms with Crippen LogP contribution in [-0.2, 0) is 0 Å². The van der Waals surface area contributed by atoms with Gasteiger partial charge in [0.05, 0.1) is 0 Å². The van der Waals surface area contributed by atoms with Crippen molar-refractivity contribution in [2.45, 2.75) is 34.1 Å². The molecule has 0 bridgehead atoms. The maximum absolute atomic E-state index is 3.94. The van der Waals surface area contributed by atoms with Gasteiger partial charge in [0.25, 0.3) is 0 Å². The standard InChI is InChI=1S/C10H21N/c1-8(2)6-7-11-10(5)9(3)4/h8-9,11H,5-7H2,1-4H3. The Morgan fingerprint density at radius 1 is 1.27 bits per heavy atom. The SMILES string of the molecule is C=C(NCCC(C)C)C(C)C. The Kier molecular flexibility index (Phi) is 5.01. The predicted octanol–water partition coefficient (Wildman–Crippen LogP) is 2.79. The van der Waals surface area contributed by atoms with Gasteiger partial charge in [-0.1, -0.05) is 34.3 Å². The summed E-state index contributed by atoms with van der Waals surface area (Å²) in [5.74, 6) is 1.34. The largest absolute Gasteiger partial charge is 0.389 e. The van der Waals surface area contributed by atoms with E-state index in [0.29, 0.717) is 5.92 Å². The monoisotopic (exact) mass is 155 g/mol. The Labute approximate surface area is 70.9 Å². The Balaban J connectivity index is 3.32. The topological polar surface area (TPSA) is 12.0 Å². The van der Waals surface area contributed by atoms with Crippen LogP contribution in [0.5, 0.6) is 0 Å². The molecule has 0 aromatic heterocycles. The number of nitrogens with one attached hydrogen (secondary N) is 1. The summed E-state index contributed by atoms with van der Waals surface area (Å²) >= 11 is 0. The van der Waals surface area contributed by atoms with E-state index < -0.39 is 0 Å². The fourth-order valence-electron chi connectivity index (χ4n) is 0.726. The molecule has 0 atom stereocenters. The molecule has 0 heterocycles. The van der Waals surface area contributed by atoms with E-state index in [1.54, 1.807) is 0 Å². The van der Waals surface area contributed by atoms with Crippen LogP contribution in [0, 0.1) is 11.8 Å². The van der Waals surface area contributed by atoms with Crippen LogP contribution in [0.1, 0.15) is 34.1 Å². The lowest BCUT2D eigenvalue weighted by atomic mass is 10.1. The summed E-state index contributed by atoms with van der Waals surface area (Å²) in [7, 11) is 0. The molecule has 0 aliphatic rings. The Morgan fingerprint density at radius 3 is 2.18 bits per heavy atom. The van der Waals surface area contributed by atoms with Crippen LogP contribution >= 0.6 is 0 Å². The Hall–Kier alpha value is -0.460. The van der Waals surface area contributed by atoms with Gasteiger partial charge in [0.1, 0.15) is 0 Å². The van der Waals surface area contributed by atoms with Crippen molar-refractivity contribution >= 4 is 0 Å². The normalized spacial score (nSPS) is 10.7. The third-order valence-electron chi connectivity index (χ3n) is 1.77. The molecule has 1 nitrogen and oxygen atoms in total. The van der Waals surface area contributed by atoms with E-state index in [4.69, 9.17) is 0 Å². The maximum atomic E-state index is 3.94. The van der Waals surface area contributed by atoms with Gasteiger partial charge in [-0.25, -0.2) is 0 Å². The van der Waals surface area contributed by atoms with Crippen molar-refractivity contribution in [3.05, 3.63) is 12.3 Å². The van der Waals surface area contributed by atoms with E-state index in [0.717, 1.165) is 18.2 Å². The van der Waals surface area contributed by atoms with Crippen molar-refractivity contribution in [1.29, 1.82) is 0 Å². The van der Waals surface area contributed by atoms with Crippen molar-refractivity contribution in [1.82, 2.24) is 5.32 Å². The highest BCUT2D eigenvalue weighted by Crippen LogP contribution is 2.03. The molecule has 1 N–H and O–H groups in total. The molecule has 0 aromatic rings. The number of hydrogen-bond acceptors (Lipinski definition) is 1. The van der Waals surface area contributed by atoms with E-state index in [9.17, 15) is 0 Å². The first kappa shape index (κ1) is 10.5. The van der Waals surface area contributed by atoms with Crippen LogP contribution in [0.3, 0.4) is 0 Å². The fraction of sp³-hybridized carbons (Fsp3) is 0.800. The molecule has 0 aliphatic heterocycles. The van der Waals surface area contributed by atoms with E-state index in [-0.39, 0.29) is 0 Å². The van der Waals surface area contributed by atoms with Crippen LogP contribution in [0.2, 0.25) is 0 Å². The van der Waals surface area contributed by atoms with Crippen molar-refractivity contribution in [3.63, 3.8) is 0 Å². The molecular weight excluding hydrogens is 134 g/mol. The second-order valence-corrected chi connectivity index (χ2v) is 3.79. The average Bonchev–Trinajstić information content (AvgIpc) is 1.86. The number of rotatable bonds is 5. The van der Waals surface area contributed by atoms with E-state index in [1.807, 2.05) is 0 Å². The lowest BCUT2D eigenvalue weighted by molar-refractivity contribution is 0.544. The molecule has 0 radical (unpaired) electrons. The van der Waals surface area contributed by atoms with Gasteiger partial charge in [-0.2, -0.15) is 0 Å². The highest BCUT2D eigenvalue weighted by molar-refractivity contribution is 4.93. The highest BCUT2D eigenvalue weighted by atomic mass is 14.9. The smallest absolute Gasteiger partial charge is 0.0146 e. The van der Waals surface area contributed by atoms with Crippen LogP contribution in [0.4, 0.5) is 0 Å². The molecule has 0 aromatic carbocycles. The number of allylic oxidation sites excluding steroid dienone is 1. The van der Waals surface area contributed by atoms with Crippen LogP contribution in [-0.4, -0.2) is 6.54 Å². The zero-order valence-corrected chi connectivity index (χ0v) is 8.28. The van der Waals surface area contributed by atoms with Crippen molar-refractivity contribution in [2.75, 3.05) is 6.54 Å². The van der Waals surface area contributed by atoms with Gasteiger partial charge in [-0.3, -0.25) is 0 Å². The molecule has 1 heteroatoms. The first-order valence-electron chi connectivity index (χ1n) is 4.46. The summed E-state index contributed by atoms with van der Waals surface area (Å²) in [6.45, 7) is 13.8. The molecule has 66 valence electrons. The second kappa shape index (κ2) is 5.22. The van der Waals surface area contributed by atoms with Crippen LogP contribution < -0.4 is 5.32 Å². The van der Waals surface area contributed by atoms with Gasteiger partial charge in [0.2, 0.25) is 0 Å². The lowest BCUT2D eigenvalue weighted by Crippen LogP contribution is -2.18. The third-order valence-corrected chi connectivity index (χ3v) is 1.77. The van der Waals surface area contributed by atoms with Crippen LogP contribution in [0.25, 0.3) is 0 Å². The van der Waals surface area contributed by atoms with Gasteiger partial charge >= 0.3 is 0 Å². The lowest BCUT2D eigenvalue weighted by Gasteiger charge is -2.13. The average molecular weight is 155 g/mol. The fourth-order valence-corrected chi connectivity index (χ4v) is 0.726. The van der Waals surface area contributed by atoms with E-state index in [2.05, 4.69) is 39.6 Å². The summed E-state index contributed by atoms with van der Waals surface area (Å²) in [4.78, 5) is 0. The van der Waals surface area contributed by atoms with Gasteiger partial charge < -0.3 is 5.32 Å². The maximum Gasteiger partial charge on any atom is 0.0146 e. The summed E-state index contributed by atoms with van der Waals surface area (Å²) in [6, 6.07) is 0. The molecule has 0 saturated carbocycles. The van der Waals surface area contributed by atoms with Crippen LogP contribution in [0.15, 0.2) is 12.3 Å².